The first kappa shape index (κ1) is 10.7. The Morgan fingerprint density at radius 2 is 2.33 bits per heavy atom. The predicted octanol–water partition coefficient (Wildman–Crippen LogP) is 0.867. The van der Waals surface area contributed by atoms with Gasteiger partial charge in [-0.25, -0.2) is 0 Å². The van der Waals surface area contributed by atoms with Crippen LogP contribution in [0.2, 0.25) is 0 Å². The van der Waals surface area contributed by atoms with Crippen LogP contribution in [0.15, 0.2) is 4.99 Å². The number of guanidine groups is 1. The van der Waals surface area contributed by atoms with E-state index >= 15 is 0 Å². The molecular weight excluding hydrogens is 190 g/mol. The Morgan fingerprint density at radius 3 is 2.87 bits per heavy atom. The number of nitrogens with two attached hydrogens (primary N) is 1. The zero-order valence-electron chi connectivity index (χ0n) is 9.57. The molecule has 2 saturated heterocycles. The molecule has 0 spiro atoms. The van der Waals surface area contributed by atoms with Crippen LogP contribution in [0.3, 0.4) is 0 Å². The molecule has 15 heavy (non-hydrogen) atoms. The Hall–Kier alpha value is -0.770. The van der Waals surface area contributed by atoms with Gasteiger partial charge >= 0.3 is 0 Å². The van der Waals surface area contributed by atoms with Crippen LogP contribution in [0.1, 0.15) is 33.1 Å². The van der Waals surface area contributed by atoms with E-state index in [1.807, 2.05) is 0 Å². The Bertz CT molecular complexity index is 252. The number of fused-ring (bicyclic) bond motifs is 2. The lowest BCUT2D eigenvalue weighted by atomic mass is 9.96. The van der Waals surface area contributed by atoms with Gasteiger partial charge in [-0.1, -0.05) is 13.8 Å². The van der Waals surface area contributed by atoms with Crippen molar-refractivity contribution < 1.29 is 4.74 Å². The fourth-order valence-corrected chi connectivity index (χ4v) is 2.31. The second kappa shape index (κ2) is 4.39. The summed E-state index contributed by atoms with van der Waals surface area (Å²) in [6.45, 7) is 5.06. The molecule has 2 fully saturated rings. The minimum atomic E-state index is 0.364. The molecule has 2 bridgehead atoms. The molecule has 0 amide bonds. The first-order valence-electron chi connectivity index (χ1n) is 5.87. The lowest BCUT2D eigenvalue weighted by Crippen LogP contribution is -2.45. The maximum absolute atomic E-state index is 5.82. The highest BCUT2D eigenvalue weighted by atomic mass is 16.5. The fourth-order valence-electron chi connectivity index (χ4n) is 2.31. The third kappa shape index (κ3) is 2.62. The summed E-state index contributed by atoms with van der Waals surface area (Å²) in [6, 6.07) is 0.389. The molecule has 4 heteroatoms. The maximum Gasteiger partial charge on any atom is 0.188 e. The van der Waals surface area contributed by atoms with Gasteiger partial charge in [0, 0.05) is 6.54 Å². The van der Waals surface area contributed by atoms with Crippen LogP contribution in [0.4, 0.5) is 0 Å². The van der Waals surface area contributed by atoms with Gasteiger partial charge in [-0.15, -0.1) is 0 Å². The molecule has 0 saturated carbocycles. The van der Waals surface area contributed by atoms with Crippen LogP contribution in [-0.4, -0.2) is 30.8 Å². The smallest absolute Gasteiger partial charge is 0.188 e. The van der Waals surface area contributed by atoms with E-state index in [2.05, 4.69) is 24.2 Å². The molecule has 0 aromatic carbocycles. The van der Waals surface area contributed by atoms with Gasteiger partial charge in [-0.3, -0.25) is 4.99 Å². The number of rotatable bonds is 3. The summed E-state index contributed by atoms with van der Waals surface area (Å²) in [4.78, 5) is 4.30. The molecule has 0 aliphatic carbocycles. The Labute approximate surface area is 91.3 Å². The van der Waals surface area contributed by atoms with E-state index in [-0.39, 0.29) is 0 Å². The zero-order chi connectivity index (χ0) is 10.8. The Balaban J connectivity index is 1.79. The number of aliphatic imine (C=N–C) groups is 1. The van der Waals surface area contributed by atoms with Gasteiger partial charge in [0.15, 0.2) is 5.96 Å². The van der Waals surface area contributed by atoms with E-state index in [4.69, 9.17) is 10.5 Å². The van der Waals surface area contributed by atoms with Crippen molar-refractivity contribution in [3.05, 3.63) is 0 Å². The molecule has 86 valence electrons. The predicted molar refractivity (Wildman–Crippen MR) is 60.8 cm³/mol. The van der Waals surface area contributed by atoms with Gasteiger partial charge in [-0.2, -0.15) is 0 Å². The van der Waals surface area contributed by atoms with Crippen molar-refractivity contribution in [1.29, 1.82) is 0 Å². The Kier molecular flexibility index (Phi) is 3.14. The molecular formula is C11H21N3O. The highest BCUT2D eigenvalue weighted by Crippen LogP contribution is 2.34. The SMILES string of the molecule is CC(C)CN=C(N)NC1CC2CCC1O2. The van der Waals surface area contributed by atoms with Crippen LogP contribution < -0.4 is 11.1 Å². The van der Waals surface area contributed by atoms with E-state index in [0.717, 1.165) is 13.0 Å². The molecule has 3 unspecified atom stereocenters. The topological polar surface area (TPSA) is 59.6 Å². The van der Waals surface area contributed by atoms with Crippen LogP contribution in [0.5, 0.6) is 0 Å². The third-order valence-corrected chi connectivity index (χ3v) is 3.07. The van der Waals surface area contributed by atoms with Gasteiger partial charge in [0.2, 0.25) is 0 Å². The number of nitrogens with one attached hydrogen (secondary N) is 1. The van der Waals surface area contributed by atoms with Gasteiger partial charge in [0.1, 0.15) is 0 Å². The monoisotopic (exact) mass is 211 g/mol. The third-order valence-electron chi connectivity index (χ3n) is 3.07. The van der Waals surface area contributed by atoms with Crippen molar-refractivity contribution in [1.82, 2.24) is 5.32 Å². The normalized spacial score (nSPS) is 35.1. The van der Waals surface area contributed by atoms with Crippen molar-refractivity contribution in [2.75, 3.05) is 6.54 Å². The van der Waals surface area contributed by atoms with Crippen LogP contribution in [0.25, 0.3) is 0 Å². The first-order chi connectivity index (χ1) is 7.15. The molecule has 2 heterocycles. The quantitative estimate of drug-likeness (QED) is 0.538. The minimum Gasteiger partial charge on any atom is -0.373 e. The van der Waals surface area contributed by atoms with E-state index in [1.54, 1.807) is 0 Å². The highest BCUT2D eigenvalue weighted by Gasteiger charge is 2.40. The van der Waals surface area contributed by atoms with Crippen LogP contribution >= 0.6 is 0 Å². The fraction of sp³-hybridized carbons (Fsp3) is 0.909. The number of hydrogen-bond acceptors (Lipinski definition) is 2. The standard InChI is InChI=1S/C11H21N3O/c1-7(2)6-13-11(12)14-9-5-8-3-4-10(9)15-8/h7-10H,3-6H2,1-2H3,(H3,12,13,14). The molecule has 2 rings (SSSR count). The van der Waals surface area contributed by atoms with Gasteiger partial charge in [0.25, 0.3) is 0 Å². The minimum absolute atomic E-state index is 0.364. The second-order valence-corrected chi connectivity index (χ2v) is 4.98. The number of hydrogen-bond donors (Lipinski definition) is 2. The lowest BCUT2D eigenvalue weighted by molar-refractivity contribution is 0.0993. The maximum atomic E-state index is 5.82. The summed E-state index contributed by atoms with van der Waals surface area (Å²) in [5.74, 6) is 1.13. The van der Waals surface area contributed by atoms with Crippen LogP contribution in [0, 0.1) is 5.92 Å². The summed E-state index contributed by atoms with van der Waals surface area (Å²) >= 11 is 0. The molecule has 4 nitrogen and oxygen atoms in total. The van der Waals surface area contributed by atoms with E-state index in [9.17, 15) is 0 Å². The van der Waals surface area contributed by atoms with E-state index < -0.39 is 0 Å². The largest absolute Gasteiger partial charge is 0.373 e. The van der Waals surface area contributed by atoms with Crippen molar-refractivity contribution in [3.63, 3.8) is 0 Å². The summed E-state index contributed by atoms with van der Waals surface area (Å²) in [5, 5.41) is 3.27. The second-order valence-electron chi connectivity index (χ2n) is 4.98. The molecule has 3 atom stereocenters. The highest BCUT2D eigenvalue weighted by molar-refractivity contribution is 5.78. The van der Waals surface area contributed by atoms with Crippen LogP contribution in [-0.2, 0) is 4.74 Å². The van der Waals surface area contributed by atoms with Crippen molar-refractivity contribution in [3.8, 4) is 0 Å². The summed E-state index contributed by atoms with van der Waals surface area (Å²) in [5.41, 5.74) is 5.82. The first-order valence-corrected chi connectivity index (χ1v) is 5.87. The number of nitrogens with zero attached hydrogens (tertiary/aromatic N) is 1. The molecule has 0 aromatic rings. The van der Waals surface area contributed by atoms with Crippen molar-refractivity contribution in [2.24, 2.45) is 16.6 Å². The summed E-state index contributed by atoms with van der Waals surface area (Å²) in [7, 11) is 0. The Morgan fingerprint density at radius 1 is 1.53 bits per heavy atom. The average Bonchev–Trinajstić information content (AvgIpc) is 2.76. The van der Waals surface area contributed by atoms with E-state index in [1.165, 1.54) is 12.8 Å². The van der Waals surface area contributed by atoms with Gasteiger partial charge in [0.05, 0.1) is 18.2 Å². The molecule has 0 aromatic heterocycles. The molecule has 2 aliphatic rings. The van der Waals surface area contributed by atoms with Crippen molar-refractivity contribution >= 4 is 5.96 Å². The summed E-state index contributed by atoms with van der Waals surface area (Å²) in [6.07, 6.45) is 4.29. The van der Waals surface area contributed by atoms with Gasteiger partial charge < -0.3 is 15.8 Å². The molecule has 2 aliphatic heterocycles. The molecule has 3 N–H and O–H groups in total. The zero-order valence-corrected chi connectivity index (χ0v) is 9.57. The van der Waals surface area contributed by atoms with E-state index in [0.29, 0.717) is 30.1 Å². The average molecular weight is 211 g/mol. The van der Waals surface area contributed by atoms with Crippen molar-refractivity contribution in [2.45, 2.75) is 51.4 Å². The molecule has 0 radical (unpaired) electrons. The van der Waals surface area contributed by atoms with Gasteiger partial charge in [-0.05, 0) is 25.2 Å². The summed E-state index contributed by atoms with van der Waals surface area (Å²) < 4.78 is 5.74. The number of ether oxygens (including phenoxy) is 1. The lowest BCUT2D eigenvalue weighted by Gasteiger charge is -2.20.